The molecule has 4 nitrogen and oxygen atoms in total. The van der Waals surface area contributed by atoms with E-state index in [0.717, 1.165) is 32.1 Å². The van der Waals surface area contributed by atoms with Gasteiger partial charge in [-0.1, -0.05) is 31.4 Å². The van der Waals surface area contributed by atoms with Crippen molar-refractivity contribution in [2.75, 3.05) is 10.6 Å². The summed E-state index contributed by atoms with van der Waals surface area (Å²) in [5.41, 5.74) is 0.211. The van der Waals surface area contributed by atoms with Crippen molar-refractivity contribution in [3.05, 3.63) is 53.4 Å². The van der Waals surface area contributed by atoms with Crippen LogP contribution < -0.4 is 10.6 Å². The monoisotopic (exact) mass is 381 g/mol. The average molecular weight is 381 g/mol. The molecule has 1 aliphatic carbocycles. The van der Waals surface area contributed by atoms with E-state index in [1.54, 1.807) is 24.3 Å². The second kappa shape index (κ2) is 8.37. The van der Waals surface area contributed by atoms with E-state index in [-0.39, 0.29) is 18.4 Å². The Bertz CT molecular complexity index is 812. The van der Waals surface area contributed by atoms with Crippen LogP contribution in [0.1, 0.15) is 37.7 Å². The number of nitrogens with zero attached hydrogens (tertiary/aromatic N) is 1. The van der Waals surface area contributed by atoms with E-state index in [1.165, 1.54) is 0 Å². The Balaban J connectivity index is 1.67. The van der Waals surface area contributed by atoms with Crippen LogP contribution in [0.2, 0.25) is 0 Å². The van der Waals surface area contributed by atoms with Crippen LogP contribution in [-0.4, -0.2) is 10.9 Å². The minimum atomic E-state index is -1.72. The van der Waals surface area contributed by atoms with Crippen LogP contribution in [0.3, 0.4) is 0 Å². The highest BCUT2D eigenvalue weighted by Gasteiger charge is 2.22. The van der Waals surface area contributed by atoms with E-state index in [4.69, 9.17) is 0 Å². The fraction of sp³-hybridized carbons (Fsp3) is 0.368. The summed E-state index contributed by atoms with van der Waals surface area (Å²) in [6, 6.07) is 6.68. The maximum Gasteiger partial charge on any atom is 0.253 e. The summed E-state index contributed by atoms with van der Waals surface area (Å²) in [5, 5.41) is 5.19. The van der Waals surface area contributed by atoms with Gasteiger partial charge in [0.05, 0.1) is 0 Å². The number of pyridine rings is 1. The number of nitrogens with one attached hydrogen (secondary N) is 2. The molecule has 2 N–H and O–H groups in total. The van der Waals surface area contributed by atoms with Crippen LogP contribution in [-0.2, 0) is 11.3 Å². The number of hydrogen-bond acceptors (Lipinski definition) is 3. The van der Waals surface area contributed by atoms with Crippen LogP contribution >= 0.6 is 0 Å². The number of carbonyl (C=O) groups is 1. The van der Waals surface area contributed by atoms with E-state index in [9.17, 15) is 22.4 Å². The SMILES string of the molecule is O=C(Nc1cccc(CNc2c(F)c(F)nc(F)c2F)c1)C1CCCCC1. The van der Waals surface area contributed by atoms with Gasteiger partial charge in [0.1, 0.15) is 5.69 Å². The topological polar surface area (TPSA) is 54.0 Å². The molecule has 1 aromatic heterocycles. The molecular weight excluding hydrogens is 362 g/mol. The van der Waals surface area contributed by atoms with Crippen LogP contribution in [0, 0.1) is 29.4 Å². The normalized spacial score (nSPS) is 14.8. The van der Waals surface area contributed by atoms with Gasteiger partial charge in [-0.05, 0) is 30.5 Å². The van der Waals surface area contributed by atoms with Gasteiger partial charge in [0, 0.05) is 18.2 Å². The highest BCUT2D eigenvalue weighted by Crippen LogP contribution is 2.26. The summed E-state index contributed by atoms with van der Waals surface area (Å²) in [6.07, 6.45) is 4.96. The number of carbonyl (C=O) groups excluding carboxylic acids is 1. The minimum Gasteiger partial charge on any atom is -0.376 e. The smallest absolute Gasteiger partial charge is 0.253 e. The number of hydrogen-bond donors (Lipinski definition) is 2. The predicted octanol–water partition coefficient (Wildman–Crippen LogP) is 4.77. The van der Waals surface area contributed by atoms with Crippen molar-refractivity contribution in [1.29, 1.82) is 0 Å². The Labute approximate surface area is 154 Å². The number of halogens is 4. The maximum atomic E-state index is 13.6. The lowest BCUT2D eigenvalue weighted by Crippen LogP contribution is -2.24. The van der Waals surface area contributed by atoms with Crippen LogP contribution in [0.5, 0.6) is 0 Å². The van der Waals surface area contributed by atoms with E-state index >= 15 is 0 Å². The molecule has 3 rings (SSSR count). The zero-order valence-electron chi connectivity index (χ0n) is 14.5. The highest BCUT2D eigenvalue weighted by atomic mass is 19.2. The number of amides is 1. The van der Waals surface area contributed by atoms with Gasteiger partial charge in [0.25, 0.3) is 11.9 Å². The van der Waals surface area contributed by atoms with Gasteiger partial charge in [-0.25, -0.2) is 0 Å². The van der Waals surface area contributed by atoms with Crippen LogP contribution in [0.25, 0.3) is 0 Å². The largest absolute Gasteiger partial charge is 0.376 e. The highest BCUT2D eigenvalue weighted by molar-refractivity contribution is 5.92. The minimum absolute atomic E-state index is 0.00788. The van der Waals surface area contributed by atoms with Crippen molar-refractivity contribution in [2.24, 2.45) is 5.92 Å². The molecule has 0 bridgehead atoms. The molecule has 8 heteroatoms. The molecule has 2 aromatic rings. The third-order valence-corrected chi connectivity index (χ3v) is 4.64. The van der Waals surface area contributed by atoms with Crippen molar-refractivity contribution in [3.63, 3.8) is 0 Å². The van der Waals surface area contributed by atoms with Crippen LogP contribution in [0.15, 0.2) is 24.3 Å². The molecule has 0 saturated heterocycles. The lowest BCUT2D eigenvalue weighted by molar-refractivity contribution is -0.120. The molecule has 1 aliphatic rings. The van der Waals surface area contributed by atoms with Crippen molar-refractivity contribution in [1.82, 2.24) is 4.98 Å². The van der Waals surface area contributed by atoms with E-state index < -0.39 is 29.2 Å². The average Bonchev–Trinajstić information content (AvgIpc) is 2.67. The second-order valence-corrected chi connectivity index (χ2v) is 6.57. The fourth-order valence-electron chi connectivity index (χ4n) is 3.20. The number of anilines is 2. The molecule has 0 aliphatic heterocycles. The van der Waals surface area contributed by atoms with Gasteiger partial charge in [0.15, 0.2) is 0 Å². The molecule has 1 amide bonds. The van der Waals surface area contributed by atoms with Gasteiger partial charge in [-0.2, -0.15) is 22.5 Å². The summed E-state index contributed by atoms with van der Waals surface area (Å²) >= 11 is 0. The fourth-order valence-corrected chi connectivity index (χ4v) is 3.20. The maximum absolute atomic E-state index is 13.6. The molecule has 144 valence electrons. The van der Waals surface area contributed by atoms with Gasteiger partial charge >= 0.3 is 0 Å². The van der Waals surface area contributed by atoms with Crippen LogP contribution in [0.4, 0.5) is 28.9 Å². The lowest BCUT2D eigenvalue weighted by Gasteiger charge is -2.21. The number of aromatic nitrogens is 1. The molecule has 0 radical (unpaired) electrons. The van der Waals surface area contributed by atoms with Gasteiger partial charge in [0.2, 0.25) is 17.5 Å². The Kier molecular flexibility index (Phi) is 5.93. The summed E-state index contributed by atoms with van der Waals surface area (Å²) in [6.45, 7) is -0.0934. The quantitative estimate of drug-likeness (QED) is 0.580. The molecule has 1 heterocycles. The number of benzene rings is 1. The van der Waals surface area contributed by atoms with E-state index in [1.807, 2.05) is 0 Å². The van der Waals surface area contributed by atoms with Crippen molar-refractivity contribution >= 4 is 17.3 Å². The molecular formula is C19H19F4N3O. The second-order valence-electron chi connectivity index (χ2n) is 6.57. The summed E-state index contributed by atoms with van der Waals surface area (Å²) in [5.74, 6) is -6.66. The third-order valence-electron chi connectivity index (χ3n) is 4.64. The van der Waals surface area contributed by atoms with E-state index in [0.29, 0.717) is 11.3 Å². The molecule has 27 heavy (non-hydrogen) atoms. The summed E-state index contributed by atoms with van der Waals surface area (Å²) in [4.78, 5) is 14.8. The Morgan fingerprint density at radius 1 is 1.04 bits per heavy atom. The molecule has 0 spiro atoms. The molecule has 0 unspecified atom stereocenters. The first kappa shape index (κ1) is 19.1. The third kappa shape index (κ3) is 4.56. The van der Waals surface area contributed by atoms with Gasteiger partial charge < -0.3 is 10.6 Å². The van der Waals surface area contributed by atoms with Crippen molar-refractivity contribution < 1.29 is 22.4 Å². The Hall–Kier alpha value is -2.64. The van der Waals surface area contributed by atoms with Gasteiger partial charge in [-0.3, -0.25) is 4.79 Å². The summed E-state index contributed by atoms with van der Waals surface area (Å²) < 4.78 is 53.6. The van der Waals surface area contributed by atoms with Gasteiger partial charge in [-0.15, -0.1) is 0 Å². The predicted molar refractivity (Wildman–Crippen MR) is 93.0 cm³/mol. The summed E-state index contributed by atoms with van der Waals surface area (Å²) in [7, 11) is 0. The molecule has 1 aromatic carbocycles. The standard InChI is InChI=1S/C19H19F4N3O/c20-14-16(15(21)18(23)26-17(14)22)24-10-11-5-4-8-13(9-11)25-19(27)12-6-2-1-3-7-12/h4-5,8-9,12H,1-3,6-7,10H2,(H,24,26)(H,25,27). The van der Waals surface area contributed by atoms with Crippen molar-refractivity contribution in [2.45, 2.75) is 38.6 Å². The first-order valence-corrected chi connectivity index (χ1v) is 8.79. The number of rotatable bonds is 5. The first-order chi connectivity index (χ1) is 13.0. The van der Waals surface area contributed by atoms with Crippen molar-refractivity contribution in [3.8, 4) is 0 Å². The zero-order chi connectivity index (χ0) is 19.4. The Morgan fingerprint density at radius 2 is 1.70 bits per heavy atom. The molecule has 1 fully saturated rings. The first-order valence-electron chi connectivity index (χ1n) is 8.79. The Morgan fingerprint density at radius 3 is 2.37 bits per heavy atom. The zero-order valence-corrected chi connectivity index (χ0v) is 14.5. The van der Waals surface area contributed by atoms with E-state index in [2.05, 4.69) is 15.6 Å². The molecule has 1 saturated carbocycles. The lowest BCUT2D eigenvalue weighted by atomic mass is 9.88. The molecule has 0 atom stereocenters.